The van der Waals surface area contributed by atoms with E-state index in [4.69, 9.17) is 39.9 Å². The summed E-state index contributed by atoms with van der Waals surface area (Å²) in [6.07, 6.45) is 0. The first-order valence-electron chi connectivity index (χ1n) is 2.79. The SMILES string of the molecule is ClC(Cl)Cl.Oc1ccccc1. The zero-order valence-corrected chi connectivity index (χ0v) is 7.81. The number of hydrogen-bond donors (Lipinski definition) is 1. The van der Waals surface area contributed by atoms with Gasteiger partial charge in [-0.1, -0.05) is 53.0 Å². The van der Waals surface area contributed by atoms with Crippen LogP contribution in [-0.2, 0) is 0 Å². The van der Waals surface area contributed by atoms with Crippen molar-refractivity contribution in [3.63, 3.8) is 0 Å². The summed E-state index contributed by atoms with van der Waals surface area (Å²) >= 11 is 14.4. The standard InChI is InChI=1S/C6H6O.CHCl3/c7-6-4-2-1-3-5-6;2-1(3)4/h1-5,7H;1H. The number of rotatable bonds is 0. The second-order valence-electron chi connectivity index (χ2n) is 1.58. The van der Waals surface area contributed by atoms with Crippen LogP contribution in [0.1, 0.15) is 0 Å². The predicted octanol–water partition coefficient (Wildman–Crippen LogP) is 3.38. The first-order chi connectivity index (χ1) is 5.13. The molecule has 1 N–H and O–H groups in total. The fourth-order valence-electron chi connectivity index (χ4n) is 0.428. The topological polar surface area (TPSA) is 20.2 Å². The van der Waals surface area contributed by atoms with Crippen molar-refractivity contribution in [1.82, 2.24) is 0 Å². The molecule has 0 aliphatic heterocycles. The van der Waals surface area contributed by atoms with E-state index >= 15 is 0 Å². The summed E-state index contributed by atoms with van der Waals surface area (Å²) in [4.78, 5) is 0. The van der Waals surface area contributed by atoms with Gasteiger partial charge in [-0.25, -0.2) is 0 Å². The van der Waals surface area contributed by atoms with E-state index in [-0.39, 0.29) is 0 Å². The molecule has 0 aromatic heterocycles. The highest BCUT2D eigenvalue weighted by Gasteiger charge is 1.79. The third-order valence-corrected chi connectivity index (χ3v) is 0.756. The van der Waals surface area contributed by atoms with Crippen molar-refractivity contribution < 1.29 is 5.11 Å². The summed E-state index contributed by atoms with van der Waals surface area (Å²) in [5.41, 5.74) is 0. The molecule has 62 valence electrons. The van der Waals surface area contributed by atoms with Gasteiger partial charge in [0.05, 0.1) is 0 Å². The van der Waals surface area contributed by atoms with Crippen LogP contribution in [0.4, 0.5) is 0 Å². The number of alkyl halides is 3. The van der Waals surface area contributed by atoms with E-state index in [0.29, 0.717) is 5.75 Å². The first kappa shape index (κ1) is 10.9. The van der Waals surface area contributed by atoms with Gasteiger partial charge in [0, 0.05) is 0 Å². The second kappa shape index (κ2) is 6.59. The summed E-state index contributed by atoms with van der Waals surface area (Å²) in [5, 5.41) is 8.63. The van der Waals surface area contributed by atoms with Crippen molar-refractivity contribution in [2.75, 3.05) is 0 Å². The highest BCUT2D eigenvalue weighted by Crippen LogP contribution is 2.03. The number of halogens is 3. The summed E-state index contributed by atoms with van der Waals surface area (Å²) in [6.45, 7) is 0. The van der Waals surface area contributed by atoms with E-state index in [0.717, 1.165) is 0 Å². The summed E-state index contributed by atoms with van der Waals surface area (Å²) in [5.74, 6) is 0.322. The average Bonchev–Trinajstić information content (AvgIpc) is 1.87. The molecule has 0 unspecified atom stereocenters. The average molecular weight is 213 g/mol. The van der Waals surface area contributed by atoms with Crippen LogP contribution in [0.5, 0.6) is 5.75 Å². The van der Waals surface area contributed by atoms with Gasteiger partial charge in [0.2, 0.25) is 0 Å². The van der Waals surface area contributed by atoms with Gasteiger partial charge in [-0.15, -0.1) is 0 Å². The van der Waals surface area contributed by atoms with E-state index in [9.17, 15) is 0 Å². The van der Waals surface area contributed by atoms with Crippen molar-refractivity contribution >= 4 is 34.8 Å². The molecule has 0 atom stereocenters. The highest BCUT2D eigenvalue weighted by atomic mass is 35.6. The first-order valence-corrected chi connectivity index (χ1v) is 4.10. The number of phenols is 1. The third-order valence-electron chi connectivity index (χ3n) is 0.756. The van der Waals surface area contributed by atoms with Crippen LogP contribution in [0.15, 0.2) is 30.3 Å². The number of hydrogen-bond acceptors (Lipinski definition) is 1. The Bertz CT molecular complexity index is 174. The number of benzene rings is 1. The molecule has 4 heteroatoms. The molecule has 11 heavy (non-hydrogen) atoms. The van der Waals surface area contributed by atoms with Crippen LogP contribution in [0.3, 0.4) is 0 Å². The van der Waals surface area contributed by atoms with Crippen LogP contribution < -0.4 is 0 Å². The maximum absolute atomic E-state index is 8.63. The smallest absolute Gasteiger partial charge is 0.180 e. The summed E-state index contributed by atoms with van der Waals surface area (Å²) < 4.78 is -0.750. The lowest BCUT2D eigenvalue weighted by Gasteiger charge is -1.82. The predicted molar refractivity (Wildman–Crippen MR) is 49.5 cm³/mol. The fraction of sp³-hybridized carbons (Fsp3) is 0.143. The number of aromatic hydroxyl groups is 1. The molecule has 0 heterocycles. The molecule has 0 aliphatic rings. The van der Waals surface area contributed by atoms with Gasteiger partial charge in [-0.3, -0.25) is 0 Å². The molecular formula is C7H7Cl3O. The molecule has 0 bridgehead atoms. The molecule has 1 aromatic carbocycles. The van der Waals surface area contributed by atoms with Gasteiger partial charge >= 0.3 is 0 Å². The molecule has 0 fully saturated rings. The number of phenolic OH excluding ortho intramolecular Hbond substituents is 1. The second-order valence-corrected chi connectivity index (χ2v) is 3.56. The summed E-state index contributed by atoms with van der Waals surface area (Å²) in [7, 11) is 0. The van der Waals surface area contributed by atoms with Gasteiger partial charge in [0.1, 0.15) is 5.75 Å². The Kier molecular flexibility index (Phi) is 6.52. The van der Waals surface area contributed by atoms with E-state index in [2.05, 4.69) is 0 Å². The molecule has 0 spiro atoms. The zero-order valence-electron chi connectivity index (χ0n) is 5.55. The number of para-hydroxylation sites is 1. The molecule has 1 rings (SSSR count). The van der Waals surface area contributed by atoms with E-state index in [1.807, 2.05) is 6.07 Å². The van der Waals surface area contributed by atoms with Crippen molar-refractivity contribution in [1.29, 1.82) is 0 Å². The van der Waals surface area contributed by atoms with Crippen LogP contribution in [-0.4, -0.2) is 9.40 Å². The van der Waals surface area contributed by atoms with Crippen molar-refractivity contribution in [2.24, 2.45) is 0 Å². The van der Waals surface area contributed by atoms with Gasteiger partial charge in [-0.05, 0) is 12.1 Å². The minimum absolute atomic E-state index is 0.322. The summed E-state index contributed by atoms with van der Waals surface area (Å²) in [6, 6.07) is 8.71. The minimum atomic E-state index is -0.750. The highest BCUT2D eigenvalue weighted by molar-refractivity contribution is 6.63. The lowest BCUT2D eigenvalue weighted by molar-refractivity contribution is 0.475. The van der Waals surface area contributed by atoms with Gasteiger partial charge in [0.15, 0.2) is 4.30 Å². The lowest BCUT2D eigenvalue weighted by atomic mass is 10.3. The van der Waals surface area contributed by atoms with E-state index < -0.39 is 4.30 Å². The minimum Gasteiger partial charge on any atom is -0.508 e. The molecule has 0 saturated heterocycles. The van der Waals surface area contributed by atoms with Crippen molar-refractivity contribution in [3.05, 3.63) is 30.3 Å². The Morgan fingerprint density at radius 3 is 1.55 bits per heavy atom. The Hall–Kier alpha value is -0.110. The monoisotopic (exact) mass is 212 g/mol. The largest absolute Gasteiger partial charge is 0.508 e. The molecule has 0 radical (unpaired) electrons. The fourth-order valence-corrected chi connectivity index (χ4v) is 0.428. The Labute approximate surface area is 80.5 Å². The molecule has 0 amide bonds. The molecule has 0 saturated carbocycles. The Morgan fingerprint density at radius 1 is 1.00 bits per heavy atom. The quantitative estimate of drug-likeness (QED) is 0.655. The van der Waals surface area contributed by atoms with Gasteiger partial charge in [-0.2, -0.15) is 0 Å². The Morgan fingerprint density at radius 2 is 1.36 bits per heavy atom. The van der Waals surface area contributed by atoms with Crippen LogP contribution in [0, 0.1) is 0 Å². The van der Waals surface area contributed by atoms with Crippen molar-refractivity contribution in [3.8, 4) is 5.75 Å². The molecular weight excluding hydrogens is 206 g/mol. The van der Waals surface area contributed by atoms with E-state index in [1.54, 1.807) is 24.3 Å². The van der Waals surface area contributed by atoms with Gasteiger partial charge in [0.25, 0.3) is 0 Å². The maximum Gasteiger partial charge on any atom is 0.180 e. The van der Waals surface area contributed by atoms with Crippen LogP contribution in [0.2, 0.25) is 0 Å². The maximum atomic E-state index is 8.63. The van der Waals surface area contributed by atoms with Crippen LogP contribution in [0.25, 0.3) is 0 Å². The van der Waals surface area contributed by atoms with Crippen molar-refractivity contribution in [2.45, 2.75) is 4.30 Å². The molecule has 1 aromatic rings. The Balaban J connectivity index is 0.000000218. The third kappa shape index (κ3) is 9.89. The van der Waals surface area contributed by atoms with E-state index in [1.165, 1.54) is 0 Å². The molecule has 0 aliphatic carbocycles. The van der Waals surface area contributed by atoms with Gasteiger partial charge < -0.3 is 5.11 Å². The zero-order chi connectivity index (χ0) is 8.69. The molecule has 1 nitrogen and oxygen atoms in total. The van der Waals surface area contributed by atoms with Crippen LogP contribution >= 0.6 is 34.8 Å². The normalized spacial score (nSPS) is 8.73. The lowest BCUT2D eigenvalue weighted by Crippen LogP contribution is -1.56.